The monoisotopic (exact) mass is 350 g/mol. The number of benzene rings is 3. The van der Waals surface area contributed by atoms with Crippen LogP contribution in [-0.4, -0.2) is 5.11 Å². The number of nitrogens with one attached hydrogen (secondary N) is 2. The van der Waals surface area contributed by atoms with Crippen molar-refractivity contribution >= 4 is 23.0 Å². The Balaban J connectivity index is 1.62. The van der Waals surface area contributed by atoms with Gasteiger partial charge >= 0.3 is 0 Å². The molecule has 126 valence electrons. The van der Waals surface area contributed by atoms with E-state index in [0.717, 1.165) is 17.7 Å². The van der Waals surface area contributed by atoms with Crippen molar-refractivity contribution in [2.45, 2.75) is 13.0 Å². The number of halogens is 1. The minimum atomic E-state index is -0.237. The molecule has 4 heteroatoms. The molecule has 0 unspecified atom stereocenters. The van der Waals surface area contributed by atoms with Crippen molar-refractivity contribution in [2.75, 3.05) is 5.32 Å². The highest BCUT2D eigenvalue weighted by atomic mass is 32.1. The van der Waals surface area contributed by atoms with E-state index in [1.165, 1.54) is 23.3 Å². The highest BCUT2D eigenvalue weighted by molar-refractivity contribution is 7.80. The summed E-state index contributed by atoms with van der Waals surface area (Å²) in [6.45, 7) is 0.549. The van der Waals surface area contributed by atoms with Crippen LogP contribution in [0.3, 0.4) is 0 Å². The summed E-state index contributed by atoms with van der Waals surface area (Å²) in [5.74, 6) is -0.237. The van der Waals surface area contributed by atoms with Crippen molar-refractivity contribution in [1.82, 2.24) is 5.32 Å². The summed E-state index contributed by atoms with van der Waals surface area (Å²) in [4.78, 5) is 0. The highest BCUT2D eigenvalue weighted by Crippen LogP contribution is 2.19. The van der Waals surface area contributed by atoms with Gasteiger partial charge in [0.15, 0.2) is 5.11 Å². The molecule has 3 aromatic rings. The van der Waals surface area contributed by atoms with Gasteiger partial charge in [0, 0.05) is 12.2 Å². The molecule has 0 aliphatic heterocycles. The quantitative estimate of drug-likeness (QED) is 0.640. The Hall–Kier alpha value is -2.72. The van der Waals surface area contributed by atoms with Gasteiger partial charge in [-0.1, -0.05) is 60.7 Å². The third-order valence-corrected chi connectivity index (χ3v) is 4.12. The summed E-state index contributed by atoms with van der Waals surface area (Å²) in [5, 5.41) is 6.96. The molecule has 0 aromatic heterocycles. The molecule has 0 radical (unpaired) electrons. The third-order valence-electron chi connectivity index (χ3n) is 3.87. The Morgan fingerprint density at radius 3 is 2.24 bits per heavy atom. The van der Waals surface area contributed by atoms with Crippen molar-refractivity contribution in [1.29, 1.82) is 0 Å². The third kappa shape index (κ3) is 5.13. The smallest absolute Gasteiger partial charge is 0.171 e. The average Bonchev–Trinajstić information content (AvgIpc) is 2.64. The van der Waals surface area contributed by atoms with Crippen LogP contribution in [-0.2, 0) is 13.0 Å². The summed E-state index contributed by atoms with van der Waals surface area (Å²) in [5.41, 5.74) is 4.40. The summed E-state index contributed by atoms with van der Waals surface area (Å²) in [6, 6.07) is 24.8. The molecular formula is C21H19FN2S. The lowest BCUT2D eigenvalue weighted by Crippen LogP contribution is -2.28. The zero-order valence-corrected chi connectivity index (χ0v) is 14.5. The first kappa shape index (κ1) is 17.1. The van der Waals surface area contributed by atoms with Crippen LogP contribution in [0.4, 0.5) is 10.1 Å². The summed E-state index contributed by atoms with van der Waals surface area (Å²) < 4.78 is 12.9. The van der Waals surface area contributed by atoms with Gasteiger partial charge in [-0.3, -0.25) is 0 Å². The van der Waals surface area contributed by atoms with E-state index in [9.17, 15) is 4.39 Å². The fourth-order valence-corrected chi connectivity index (χ4v) is 2.75. The van der Waals surface area contributed by atoms with Crippen LogP contribution in [0.2, 0.25) is 0 Å². The summed E-state index contributed by atoms with van der Waals surface area (Å²) in [7, 11) is 0. The van der Waals surface area contributed by atoms with Crippen LogP contribution in [0.5, 0.6) is 0 Å². The van der Waals surface area contributed by atoms with Gasteiger partial charge in [0.25, 0.3) is 0 Å². The fourth-order valence-electron chi connectivity index (χ4n) is 2.56. The number of rotatable bonds is 5. The number of hydrogen-bond acceptors (Lipinski definition) is 1. The molecule has 0 saturated heterocycles. The maximum atomic E-state index is 12.9. The molecule has 0 heterocycles. The molecule has 0 bridgehead atoms. The van der Waals surface area contributed by atoms with Gasteiger partial charge in [-0.05, 0) is 53.5 Å². The Morgan fingerprint density at radius 2 is 1.48 bits per heavy atom. The molecule has 3 rings (SSSR count). The fraction of sp³-hybridized carbons (Fsp3) is 0.0952. The van der Waals surface area contributed by atoms with E-state index < -0.39 is 0 Å². The van der Waals surface area contributed by atoms with E-state index in [-0.39, 0.29) is 5.82 Å². The molecule has 0 aliphatic carbocycles. The minimum absolute atomic E-state index is 0.237. The second-order valence-corrected chi connectivity index (χ2v) is 6.16. The standard InChI is InChI=1S/C21H19FN2S/c22-19-12-10-17(11-13-19)15-23-21(25)24-20-9-5-4-8-18(20)14-16-6-2-1-3-7-16/h1-13H,14-15H2,(H2,23,24,25). The van der Waals surface area contributed by atoms with E-state index in [1.807, 2.05) is 36.4 Å². The number of hydrogen-bond donors (Lipinski definition) is 2. The lowest BCUT2D eigenvalue weighted by molar-refractivity contribution is 0.627. The maximum Gasteiger partial charge on any atom is 0.171 e. The van der Waals surface area contributed by atoms with Gasteiger partial charge in [-0.25, -0.2) is 4.39 Å². The Morgan fingerprint density at radius 1 is 0.800 bits per heavy atom. The normalized spacial score (nSPS) is 10.3. The molecule has 0 fully saturated rings. The van der Waals surface area contributed by atoms with Gasteiger partial charge in [0.05, 0.1) is 0 Å². The van der Waals surface area contributed by atoms with Crippen molar-refractivity contribution in [3.63, 3.8) is 0 Å². The second kappa shape index (κ2) is 8.40. The molecule has 25 heavy (non-hydrogen) atoms. The number of thiocarbonyl (C=S) groups is 1. The van der Waals surface area contributed by atoms with Crippen molar-refractivity contribution < 1.29 is 4.39 Å². The van der Waals surface area contributed by atoms with E-state index in [2.05, 4.69) is 28.8 Å². The zero-order valence-electron chi connectivity index (χ0n) is 13.7. The predicted molar refractivity (Wildman–Crippen MR) is 105 cm³/mol. The second-order valence-electron chi connectivity index (χ2n) is 5.75. The van der Waals surface area contributed by atoms with Crippen LogP contribution < -0.4 is 10.6 Å². The Bertz CT molecular complexity index is 832. The molecule has 2 nitrogen and oxygen atoms in total. The summed E-state index contributed by atoms with van der Waals surface area (Å²) >= 11 is 5.39. The number of anilines is 1. The predicted octanol–water partition coefficient (Wildman–Crippen LogP) is 4.90. The number of para-hydroxylation sites is 1. The Labute approximate surface area is 152 Å². The molecule has 0 atom stereocenters. The van der Waals surface area contributed by atoms with Crippen LogP contribution in [0.15, 0.2) is 78.9 Å². The molecule has 3 aromatic carbocycles. The van der Waals surface area contributed by atoms with Crippen LogP contribution in [0, 0.1) is 5.82 Å². The van der Waals surface area contributed by atoms with Gasteiger partial charge < -0.3 is 10.6 Å². The Kier molecular flexibility index (Phi) is 5.75. The lowest BCUT2D eigenvalue weighted by Gasteiger charge is -2.14. The van der Waals surface area contributed by atoms with Crippen molar-refractivity contribution in [2.24, 2.45) is 0 Å². The van der Waals surface area contributed by atoms with Crippen LogP contribution in [0.1, 0.15) is 16.7 Å². The van der Waals surface area contributed by atoms with Gasteiger partial charge in [-0.15, -0.1) is 0 Å². The van der Waals surface area contributed by atoms with Gasteiger partial charge in [-0.2, -0.15) is 0 Å². The van der Waals surface area contributed by atoms with E-state index in [1.54, 1.807) is 12.1 Å². The zero-order chi connectivity index (χ0) is 17.5. The molecule has 0 spiro atoms. The first-order valence-electron chi connectivity index (χ1n) is 8.12. The SMILES string of the molecule is Fc1ccc(CNC(=S)Nc2ccccc2Cc2ccccc2)cc1. The summed E-state index contributed by atoms with van der Waals surface area (Å²) in [6.07, 6.45) is 0.838. The van der Waals surface area contributed by atoms with Gasteiger partial charge in [0.2, 0.25) is 0 Å². The largest absolute Gasteiger partial charge is 0.358 e. The topological polar surface area (TPSA) is 24.1 Å². The van der Waals surface area contributed by atoms with E-state index in [4.69, 9.17) is 12.2 Å². The molecule has 2 N–H and O–H groups in total. The first-order chi connectivity index (χ1) is 12.2. The molecule has 0 aliphatic rings. The molecular weight excluding hydrogens is 331 g/mol. The minimum Gasteiger partial charge on any atom is -0.358 e. The van der Waals surface area contributed by atoms with Crippen molar-refractivity contribution in [3.8, 4) is 0 Å². The van der Waals surface area contributed by atoms with Crippen molar-refractivity contribution in [3.05, 3.63) is 101 Å². The highest BCUT2D eigenvalue weighted by Gasteiger charge is 2.05. The van der Waals surface area contributed by atoms with E-state index >= 15 is 0 Å². The van der Waals surface area contributed by atoms with Gasteiger partial charge in [0.1, 0.15) is 5.82 Å². The van der Waals surface area contributed by atoms with Crippen LogP contribution in [0.25, 0.3) is 0 Å². The maximum absolute atomic E-state index is 12.9. The lowest BCUT2D eigenvalue weighted by atomic mass is 10.0. The molecule has 0 saturated carbocycles. The first-order valence-corrected chi connectivity index (χ1v) is 8.52. The van der Waals surface area contributed by atoms with Crippen LogP contribution >= 0.6 is 12.2 Å². The van der Waals surface area contributed by atoms with E-state index in [0.29, 0.717) is 11.7 Å². The average molecular weight is 350 g/mol. The molecule has 0 amide bonds.